The smallest absolute Gasteiger partial charge is 0.295 e. The van der Waals surface area contributed by atoms with Crippen molar-refractivity contribution in [2.45, 2.75) is 32.4 Å². The summed E-state index contributed by atoms with van der Waals surface area (Å²) in [5.74, 6) is 1.90. The quantitative estimate of drug-likeness (QED) is 0.772. The number of hydrogen-bond acceptors (Lipinski definition) is 5. The molecule has 4 rings (SSSR count). The second kappa shape index (κ2) is 4.33. The van der Waals surface area contributed by atoms with Crippen LogP contribution < -0.4 is 5.32 Å². The molecule has 0 amide bonds. The third-order valence-corrected chi connectivity index (χ3v) is 3.59. The lowest BCUT2D eigenvalue weighted by Crippen LogP contribution is -2.32. The number of nitrogens with zero attached hydrogens (tertiary/aromatic N) is 4. The first-order valence-electron chi connectivity index (χ1n) is 6.80. The molecule has 0 spiro atoms. The van der Waals surface area contributed by atoms with Gasteiger partial charge in [-0.15, -0.1) is 0 Å². The molecule has 1 N–H and O–H groups in total. The van der Waals surface area contributed by atoms with Gasteiger partial charge >= 0.3 is 0 Å². The third-order valence-electron chi connectivity index (χ3n) is 3.59. The van der Waals surface area contributed by atoms with Crippen LogP contribution in [0.5, 0.6) is 0 Å². The molecule has 0 radical (unpaired) electrons. The molecular formula is C14H15N5O. The van der Waals surface area contributed by atoms with E-state index in [-0.39, 0.29) is 6.04 Å². The van der Waals surface area contributed by atoms with Crippen LogP contribution in [0.3, 0.4) is 0 Å². The van der Waals surface area contributed by atoms with Crippen LogP contribution in [-0.2, 0) is 13.0 Å². The Morgan fingerprint density at radius 3 is 3.10 bits per heavy atom. The molecule has 0 unspecified atom stereocenters. The molecule has 0 fully saturated rings. The first kappa shape index (κ1) is 11.5. The normalized spacial score (nSPS) is 18.1. The largest absolute Gasteiger partial charge is 0.424 e. The van der Waals surface area contributed by atoms with Crippen LogP contribution in [0.15, 0.2) is 28.7 Å². The van der Waals surface area contributed by atoms with E-state index in [2.05, 4.69) is 20.4 Å². The van der Waals surface area contributed by atoms with Crippen LogP contribution in [0.2, 0.25) is 0 Å². The predicted octanol–water partition coefficient (Wildman–Crippen LogP) is 2.15. The second-order valence-electron chi connectivity index (χ2n) is 5.12. The fourth-order valence-electron chi connectivity index (χ4n) is 2.66. The van der Waals surface area contributed by atoms with Gasteiger partial charge in [-0.1, -0.05) is 12.1 Å². The molecule has 3 aromatic rings. The molecule has 6 heteroatoms. The van der Waals surface area contributed by atoms with Crippen molar-refractivity contribution in [2.24, 2.45) is 0 Å². The minimum atomic E-state index is 0.275. The lowest BCUT2D eigenvalue weighted by molar-refractivity contribution is 0.431. The summed E-state index contributed by atoms with van der Waals surface area (Å²) >= 11 is 0. The second-order valence-corrected chi connectivity index (χ2v) is 5.12. The fourth-order valence-corrected chi connectivity index (χ4v) is 2.66. The van der Waals surface area contributed by atoms with E-state index >= 15 is 0 Å². The van der Waals surface area contributed by atoms with E-state index in [1.54, 1.807) is 0 Å². The summed E-state index contributed by atoms with van der Waals surface area (Å²) in [4.78, 5) is 8.86. The van der Waals surface area contributed by atoms with Gasteiger partial charge in [0.1, 0.15) is 17.2 Å². The van der Waals surface area contributed by atoms with Crippen molar-refractivity contribution < 1.29 is 4.42 Å². The highest BCUT2D eigenvalue weighted by molar-refractivity contribution is 5.74. The average molecular weight is 269 g/mol. The zero-order chi connectivity index (χ0) is 13.5. The van der Waals surface area contributed by atoms with Crippen molar-refractivity contribution >= 4 is 17.1 Å². The fraction of sp³-hybridized carbons (Fsp3) is 0.357. The maximum atomic E-state index is 5.70. The molecule has 1 aliphatic heterocycles. The van der Waals surface area contributed by atoms with Crippen LogP contribution >= 0.6 is 0 Å². The molecule has 3 heterocycles. The number of aromatic nitrogens is 4. The topological polar surface area (TPSA) is 68.8 Å². The summed E-state index contributed by atoms with van der Waals surface area (Å²) in [6, 6.07) is 8.63. The van der Waals surface area contributed by atoms with Crippen molar-refractivity contribution in [3.05, 3.63) is 35.9 Å². The summed E-state index contributed by atoms with van der Waals surface area (Å²) in [6.07, 6.45) is 1.94. The average Bonchev–Trinajstić information content (AvgIpc) is 2.99. The first-order valence-corrected chi connectivity index (χ1v) is 6.80. The van der Waals surface area contributed by atoms with E-state index in [4.69, 9.17) is 4.42 Å². The number of para-hydroxylation sites is 2. The molecule has 0 aliphatic carbocycles. The van der Waals surface area contributed by atoms with Gasteiger partial charge in [0, 0.05) is 6.42 Å². The van der Waals surface area contributed by atoms with Crippen molar-refractivity contribution in [3.8, 4) is 0 Å². The number of benzene rings is 1. The highest BCUT2D eigenvalue weighted by Gasteiger charge is 2.22. The van der Waals surface area contributed by atoms with E-state index in [0.717, 1.165) is 42.1 Å². The minimum absolute atomic E-state index is 0.275. The van der Waals surface area contributed by atoms with Crippen LogP contribution in [0.4, 0.5) is 6.01 Å². The Morgan fingerprint density at radius 1 is 1.30 bits per heavy atom. The summed E-state index contributed by atoms with van der Waals surface area (Å²) in [5.41, 5.74) is 1.69. The highest BCUT2D eigenvalue weighted by atomic mass is 16.4. The molecule has 20 heavy (non-hydrogen) atoms. The zero-order valence-corrected chi connectivity index (χ0v) is 11.2. The number of anilines is 1. The van der Waals surface area contributed by atoms with Gasteiger partial charge in [-0.25, -0.2) is 9.67 Å². The lowest BCUT2D eigenvalue weighted by atomic mass is 10.1. The van der Waals surface area contributed by atoms with Gasteiger partial charge in [0.2, 0.25) is 0 Å². The molecule has 6 nitrogen and oxygen atoms in total. The van der Waals surface area contributed by atoms with Gasteiger partial charge in [-0.3, -0.25) is 0 Å². The van der Waals surface area contributed by atoms with Gasteiger partial charge in [0.15, 0.2) is 5.58 Å². The molecule has 1 atom stereocenters. The summed E-state index contributed by atoms with van der Waals surface area (Å²) in [5, 5.41) is 7.75. The Hall–Kier alpha value is -2.37. The molecule has 0 saturated heterocycles. The molecule has 102 valence electrons. The minimum Gasteiger partial charge on any atom is -0.424 e. The number of hydrogen-bond donors (Lipinski definition) is 1. The number of fused-ring (bicyclic) bond motifs is 2. The maximum absolute atomic E-state index is 5.70. The van der Waals surface area contributed by atoms with Crippen molar-refractivity contribution in [1.29, 1.82) is 0 Å². The first-order chi connectivity index (χ1) is 9.78. The van der Waals surface area contributed by atoms with E-state index < -0.39 is 0 Å². The Labute approximate surface area is 115 Å². The lowest BCUT2D eigenvalue weighted by Gasteiger charge is -2.22. The van der Waals surface area contributed by atoms with Crippen molar-refractivity contribution in [2.75, 3.05) is 5.32 Å². The summed E-state index contributed by atoms with van der Waals surface area (Å²) in [6.45, 7) is 2.73. The molecule has 0 saturated carbocycles. The highest BCUT2D eigenvalue weighted by Crippen LogP contribution is 2.21. The van der Waals surface area contributed by atoms with Crippen LogP contribution in [0, 0.1) is 6.92 Å². The van der Waals surface area contributed by atoms with Gasteiger partial charge in [0.05, 0.1) is 12.6 Å². The van der Waals surface area contributed by atoms with Crippen molar-refractivity contribution in [3.63, 3.8) is 0 Å². The van der Waals surface area contributed by atoms with Gasteiger partial charge in [-0.2, -0.15) is 10.1 Å². The van der Waals surface area contributed by atoms with Gasteiger partial charge in [-0.05, 0) is 25.5 Å². The predicted molar refractivity (Wildman–Crippen MR) is 74.5 cm³/mol. The van der Waals surface area contributed by atoms with Gasteiger partial charge < -0.3 is 9.73 Å². The maximum Gasteiger partial charge on any atom is 0.295 e. The Kier molecular flexibility index (Phi) is 2.48. The molecule has 1 aromatic carbocycles. The molecule has 0 bridgehead atoms. The molecular weight excluding hydrogens is 254 g/mol. The van der Waals surface area contributed by atoms with Gasteiger partial charge in [0.25, 0.3) is 6.01 Å². The molecule has 2 aromatic heterocycles. The number of aryl methyl sites for hydroxylation is 2. The SMILES string of the molecule is Cc1nc2n(n1)C[C@H](Nc1nc3ccccc3o1)CC2. The van der Waals surface area contributed by atoms with E-state index in [0.29, 0.717) is 6.01 Å². The number of oxazole rings is 1. The van der Waals surface area contributed by atoms with E-state index in [9.17, 15) is 0 Å². The standard InChI is InChI=1S/C14H15N5O/c1-9-15-13-7-6-10(8-19(13)18-9)16-14-17-11-4-2-3-5-12(11)20-14/h2-5,10H,6-8H2,1H3,(H,16,17)/t10-/m1/s1. The number of rotatable bonds is 2. The van der Waals surface area contributed by atoms with Crippen LogP contribution in [0.1, 0.15) is 18.1 Å². The molecule has 1 aliphatic rings. The summed E-state index contributed by atoms with van der Waals surface area (Å²) in [7, 11) is 0. The van der Waals surface area contributed by atoms with Crippen molar-refractivity contribution in [1.82, 2.24) is 19.7 Å². The monoisotopic (exact) mass is 269 g/mol. The Bertz CT molecular complexity index is 727. The van der Waals surface area contributed by atoms with E-state index in [1.165, 1.54) is 0 Å². The van der Waals surface area contributed by atoms with Crippen LogP contribution in [0.25, 0.3) is 11.1 Å². The Balaban J connectivity index is 1.55. The Morgan fingerprint density at radius 2 is 2.20 bits per heavy atom. The number of nitrogens with one attached hydrogen (secondary N) is 1. The third kappa shape index (κ3) is 1.93. The zero-order valence-electron chi connectivity index (χ0n) is 11.2. The van der Waals surface area contributed by atoms with E-state index in [1.807, 2.05) is 35.9 Å². The summed E-state index contributed by atoms with van der Waals surface area (Å²) < 4.78 is 7.67. The van der Waals surface area contributed by atoms with Crippen LogP contribution in [-0.4, -0.2) is 25.8 Å².